The molecule has 3 nitrogen and oxygen atoms in total. The monoisotopic (exact) mass is 200 g/mol. The van der Waals surface area contributed by atoms with Crippen molar-refractivity contribution >= 4 is 17.3 Å². The van der Waals surface area contributed by atoms with E-state index in [0.717, 1.165) is 5.56 Å². The first kappa shape index (κ1) is 10.3. The number of benzene rings is 1. The molecule has 0 aliphatic carbocycles. The third-order valence-corrected chi connectivity index (χ3v) is 2.23. The molecular formula is C9H13ClN2O. The molecule has 0 saturated carbocycles. The van der Waals surface area contributed by atoms with Crippen LogP contribution in [0.5, 0.6) is 0 Å². The maximum Gasteiger partial charge on any atom is 0.0474 e. The summed E-state index contributed by atoms with van der Waals surface area (Å²) in [5, 5.41) is 9.27. The Morgan fingerprint density at radius 2 is 2.15 bits per heavy atom. The maximum atomic E-state index is 8.72. The molecule has 1 aromatic carbocycles. The van der Waals surface area contributed by atoms with Crippen LogP contribution in [0.2, 0.25) is 5.02 Å². The van der Waals surface area contributed by atoms with Gasteiger partial charge in [-0.25, -0.2) is 0 Å². The fourth-order valence-corrected chi connectivity index (χ4v) is 1.55. The minimum Gasteiger partial charge on any atom is -0.398 e. The van der Waals surface area contributed by atoms with Gasteiger partial charge in [0.1, 0.15) is 0 Å². The fraction of sp³-hybridized carbons (Fsp3) is 0.333. The number of hydrogen-bond donors (Lipinski definition) is 3. The number of nitrogens with two attached hydrogens (primary N) is 2. The SMILES string of the molecule is Nc1cccc(Cl)c1[C@H](N)CCO. The van der Waals surface area contributed by atoms with E-state index in [4.69, 9.17) is 28.2 Å². The van der Waals surface area contributed by atoms with Gasteiger partial charge in [-0.3, -0.25) is 0 Å². The smallest absolute Gasteiger partial charge is 0.0474 e. The van der Waals surface area contributed by atoms with E-state index in [9.17, 15) is 0 Å². The minimum atomic E-state index is -0.293. The molecule has 72 valence electrons. The number of aliphatic hydroxyl groups excluding tert-OH is 1. The second-order valence-electron chi connectivity index (χ2n) is 2.86. The highest BCUT2D eigenvalue weighted by molar-refractivity contribution is 6.31. The van der Waals surface area contributed by atoms with Crippen LogP contribution in [-0.2, 0) is 0 Å². The predicted molar refractivity (Wildman–Crippen MR) is 54.5 cm³/mol. The van der Waals surface area contributed by atoms with Crippen LogP contribution in [0, 0.1) is 0 Å². The Hall–Kier alpha value is -0.770. The number of hydrogen-bond acceptors (Lipinski definition) is 3. The van der Waals surface area contributed by atoms with Crippen LogP contribution in [0.1, 0.15) is 18.0 Å². The average Bonchev–Trinajstić information content (AvgIpc) is 2.04. The summed E-state index contributed by atoms with van der Waals surface area (Å²) < 4.78 is 0. The van der Waals surface area contributed by atoms with Gasteiger partial charge in [0.15, 0.2) is 0 Å². The van der Waals surface area contributed by atoms with Gasteiger partial charge in [0, 0.05) is 28.9 Å². The van der Waals surface area contributed by atoms with E-state index < -0.39 is 0 Å². The first-order chi connectivity index (χ1) is 6.16. The molecule has 13 heavy (non-hydrogen) atoms. The zero-order valence-electron chi connectivity index (χ0n) is 7.20. The lowest BCUT2D eigenvalue weighted by Crippen LogP contribution is -2.14. The summed E-state index contributed by atoms with van der Waals surface area (Å²) in [6, 6.07) is 4.97. The van der Waals surface area contributed by atoms with Gasteiger partial charge in [0.2, 0.25) is 0 Å². The third kappa shape index (κ3) is 2.34. The number of anilines is 1. The first-order valence-corrected chi connectivity index (χ1v) is 4.45. The first-order valence-electron chi connectivity index (χ1n) is 4.07. The molecule has 4 heteroatoms. The van der Waals surface area contributed by atoms with Crippen molar-refractivity contribution in [3.05, 3.63) is 28.8 Å². The van der Waals surface area contributed by atoms with Crippen LogP contribution in [0.4, 0.5) is 5.69 Å². The number of halogens is 1. The quantitative estimate of drug-likeness (QED) is 0.645. The Balaban J connectivity index is 2.98. The van der Waals surface area contributed by atoms with Crippen molar-refractivity contribution in [2.24, 2.45) is 5.73 Å². The highest BCUT2D eigenvalue weighted by atomic mass is 35.5. The molecule has 0 aromatic heterocycles. The van der Waals surface area contributed by atoms with Crippen LogP contribution in [0.3, 0.4) is 0 Å². The van der Waals surface area contributed by atoms with Crippen LogP contribution in [-0.4, -0.2) is 11.7 Å². The van der Waals surface area contributed by atoms with Crippen LogP contribution in [0.15, 0.2) is 18.2 Å². The molecule has 0 amide bonds. The minimum absolute atomic E-state index is 0.0336. The van der Waals surface area contributed by atoms with Gasteiger partial charge in [-0.2, -0.15) is 0 Å². The molecule has 1 rings (SSSR count). The Bertz CT molecular complexity index is 271. The second-order valence-corrected chi connectivity index (χ2v) is 3.27. The van der Waals surface area contributed by atoms with E-state index in [-0.39, 0.29) is 12.6 Å². The topological polar surface area (TPSA) is 72.3 Å². The summed E-state index contributed by atoms with van der Waals surface area (Å²) in [5.41, 5.74) is 12.8. The van der Waals surface area contributed by atoms with E-state index in [2.05, 4.69) is 0 Å². The van der Waals surface area contributed by atoms with E-state index in [1.807, 2.05) is 0 Å². The largest absolute Gasteiger partial charge is 0.398 e. The van der Waals surface area contributed by atoms with E-state index in [0.29, 0.717) is 17.1 Å². The van der Waals surface area contributed by atoms with Crippen molar-refractivity contribution in [3.8, 4) is 0 Å². The van der Waals surface area contributed by atoms with Gasteiger partial charge in [-0.15, -0.1) is 0 Å². The molecular weight excluding hydrogens is 188 g/mol. The lowest BCUT2D eigenvalue weighted by atomic mass is 10.0. The second kappa shape index (κ2) is 4.46. The summed E-state index contributed by atoms with van der Waals surface area (Å²) in [5.74, 6) is 0. The standard InChI is InChI=1S/C9H13ClN2O/c10-6-2-1-3-7(11)9(6)8(12)4-5-13/h1-3,8,13H,4-5,11-12H2/t8-/m1/s1. The Morgan fingerprint density at radius 3 is 2.69 bits per heavy atom. The van der Waals surface area contributed by atoms with E-state index in [1.165, 1.54) is 0 Å². The van der Waals surface area contributed by atoms with Gasteiger partial charge in [0.05, 0.1) is 0 Å². The molecule has 0 saturated heterocycles. The highest BCUT2D eigenvalue weighted by Crippen LogP contribution is 2.28. The van der Waals surface area contributed by atoms with Crippen molar-refractivity contribution in [1.82, 2.24) is 0 Å². The molecule has 0 spiro atoms. The van der Waals surface area contributed by atoms with Crippen molar-refractivity contribution in [2.45, 2.75) is 12.5 Å². The highest BCUT2D eigenvalue weighted by Gasteiger charge is 2.12. The van der Waals surface area contributed by atoms with E-state index in [1.54, 1.807) is 18.2 Å². The number of nitrogen functional groups attached to an aromatic ring is 1. The van der Waals surface area contributed by atoms with Crippen molar-refractivity contribution in [1.29, 1.82) is 0 Å². The lowest BCUT2D eigenvalue weighted by Gasteiger charge is -2.14. The summed E-state index contributed by atoms with van der Waals surface area (Å²) in [4.78, 5) is 0. The Labute approximate surface area is 82.3 Å². The van der Waals surface area contributed by atoms with Crippen LogP contribution >= 0.6 is 11.6 Å². The number of rotatable bonds is 3. The molecule has 0 bridgehead atoms. The summed E-state index contributed by atoms with van der Waals surface area (Å²) in [6.45, 7) is 0.0336. The van der Waals surface area contributed by atoms with E-state index >= 15 is 0 Å². The van der Waals surface area contributed by atoms with Gasteiger partial charge in [0.25, 0.3) is 0 Å². The molecule has 0 aliphatic rings. The normalized spacial score (nSPS) is 12.8. The molecule has 0 aliphatic heterocycles. The molecule has 5 N–H and O–H groups in total. The van der Waals surface area contributed by atoms with Gasteiger partial charge in [-0.05, 0) is 18.6 Å². The molecule has 0 fully saturated rings. The Morgan fingerprint density at radius 1 is 1.46 bits per heavy atom. The molecule has 1 aromatic rings. The zero-order valence-corrected chi connectivity index (χ0v) is 7.96. The Kier molecular flexibility index (Phi) is 3.54. The van der Waals surface area contributed by atoms with Gasteiger partial charge in [-0.1, -0.05) is 17.7 Å². The van der Waals surface area contributed by atoms with Crippen molar-refractivity contribution in [2.75, 3.05) is 12.3 Å². The third-order valence-electron chi connectivity index (χ3n) is 1.90. The van der Waals surface area contributed by atoms with Crippen molar-refractivity contribution in [3.63, 3.8) is 0 Å². The molecule has 1 atom stereocenters. The number of aliphatic hydroxyl groups is 1. The predicted octanol–water partition coefficient (Wildman–Crippen LogP) is 1.30. The summed E-state index contributed by atoms with van der Waals surface area (Å²) in [6.07, 6.45) is 0.466. The maximum absolute atomic E-state index is 8.72. The summed E-state index contributed by atoms with van der Waals surface area (Å²) >= 11 is 5.92. The fourth-order valence-electron chi connectivity index (χ4n) is 1.23. The molecule has 0 radical (unpaired) electrons. The summed E-state index contributed by atoms with van der Waals surface area (Å²) in [7, 11) is 0. The lowest BCUT2D eigenvalue weighted by molar-refractivity contribution is 0.277. The van der Waals surface area contributed by atoms with Gasteiger partial charge >= 0.3 is 0 Å². The van der Waals surface area contributed by atoms with Crippen LogP contribution < -0.4 is 11.5 Å². The zero-order chi connectivity index (χ0) is 9.84. The molecule has 0 heterocycles. The van der Waals surface area contributed by atoms with Crippen LogP contribution in [0.25, 0.3) is 0 Å². The molecule has 0 unspecified atom stereocenters. The van der Waals surface area contributed by atoms with Gasteiger partial charge < -0.3 is 16.6 Å². The van der Waals surface area contributed by atoms with Crippen molar-refractivity contribution < 1.29 is 5.11 Å². The average molecular weight is 201 g/mol.